The molecule has 152 valence electrons. The molecule has 3 heterocycles. The number of rotatable bonds is 5. The van der Waals surface area contributed by atoms with E-state index in [1.807, 2.05) is 41.8 Å². The van der Waals surface area contributed by atoms with E-state index in [9.17, 15) is 18.0 Å². The molecule has 1 aromatic carbocycles. The van der Waals surface area contributed by atoms with Crippen LogP contribution in [0.1, 0.15) is 39.4 Å². The van der Waals surface area contributed by atoms with Gasteiger partial charge in [0.1, 0.15) is 5.82 Å². The number of thiophene rings is 1. The van der Waals surface area contributed by atoms with Gasteiger partial charge in [-0.25, -0.2) is 4.68 Å². The van der Waals surface area contributed by atoms with E-state index in [0.717, 1.165) is 15.1 Å². The maximum absolute atomic E-state index is 13.6. The number of nitrogens with one attached hydrogen (secondary N) is 2. The number of fused-ring (bicyclic) bond motifs is 1. The average Bonchev–Trinajstić information content (AvgIpc) is 3.37. The Morgan fingerprint density at radius 2 is 2.03 bits per heavy atom. The number of alkyl halides is 3. The molecule has 29 heavy (non-hydrogen) atoms. The molecular formula is C20H19F3N4OS. The van der Waals surface area contributed by atoms with Crippen molar-refractivity contribution in [3.8, 4) is 0 Å². The zero-order valence-corrected chi connectivity index (χ0v) is 16.1. The fourth-order valence-electron chi connectivity index (χ4n) is 3.42. The van der Waals surface area contributed by atoms with Crippen molar-refractivity contribution in [3.63, 3.8) is 0 Å². The molecule has 1 aliphatic rings. The topological polar surface area (TPSA) is 59.0 Å². The van der Waals surface area contributed by atoms with E-state index >= 15 is 0 Å². The molecule has 0 bridgehead atoms. The molecule has 2 aromatic heterocycles. The summed E-state index contributed by atoms with van der Waals surface area (Å²) in [5.41, 5.74) is 1.04. The summed E-state index contributed by atoms with van der Waals surface area (Å²) in [5, 5.41) is 11.6. The Morgan fingerprint density at radius 1 is 1.24 bits per heavy atom. The number of anilines is 1. The molecular weight excluding hydrogens is 401 g/mol. The van der Waals surface area contributed by atoms with Crippen molar-refractivity contribution in [2.45, 2.75) is 31.1 Å². The first-order valence-corrected chi connectivity index (χ1v) is 10.1. The van der Waals surface area contributed by atoms with Crippen molar-refractivity contribution in [2.24, 2.45) is 0 Å². The Bertz CT molecular complexity index is 970. The highest BCUT2D eigenvalue weighted by atomic mass is 32.1. The molecule has 3 aromatic rings. The SMILES string of the molecule is O=C(NCCc1ccccc1)c1cc2n(n1)[C@@H](C(F)(F)F)C[C@H](c1cccs1)N2. The first kappa shape index (κ1) is 19.5. The predicted molar refractivity (Wildman–Crippen MR) is 105 cm³/mol. The van der Waals surface area contributed by atoms with E-state index in [2.05, 4.69) is 15.7 Å². The molecule has 2 N–H and O–H groups in total. The van der Waals surface area contributed by atoms with Crippen LogP contribution < -0.4 is 10.6 Å². The second-order valence-electron chi connectivity index (χ2n) is 6.86. The van der Waals surface area contributed by atoms with Gasteiger partial charge in [-0.05, 0) is 23.4 Å². The van der Waals surface area contributed by atoms with Gasteiger partial charge in [-0.15, -0.1) is 11.3 Å². The molecule has 5 nitrogen and oxygen atoms in total. The van der Waals surface area contributed by atoms with Gasteiger partial charge in [-0.3, -0.25) is 4.79 Å². The number of carbonyl (C=O) groups is 1. The largest absolute Gasteiger partial charge is 0.410 e. The highest BCUT2D eigenvalue weighted by Gasteiger charge is 2.47. The van der Waals surface area contributed by atoms with Crippen LogP contribution in [0, 0.1) is 0 Å². The number of halogens is 3. The number of carbonyl (C=O) groups excluding carboxylic acids is 1. The van der Waals surface area contributed by atoms with Crippen LogP contribution in [0.4, 0.5) is 19.0 Å². The van der Waals surface area contributed by atoms with Crippen molar-refractivity contribution in [3.05, 3.63) is 70.0 Å². The number of benzene rings is 1. The molecule has 0 saturated heterocycles. The third-order valence-corrected chi connectivity index (χ3v) is 5.84. The van der Waals surface area contributed by atoms with Gasteiger partial charge in [0.05, 0.1) is 6.04 Å². The lowest BCUT2D eigenvalue weighted by Crippen LogP contribution is -2.35. The fourth-order valence-corrected chi connectivity index (χ4v) is 4.21. The third kappa shape index (κ3) is 4.29. The molecule has 4 rings (SSSR count). The third-order valence-electron chi connectivity index (χ3n) is 4.85. The lowest BCUT2D eigenvalue weighted by Gasteiger charge is -2.32. The second-order valence-corrected chi connectivity index (χ2v) is 7.84. The summed E-state index contributed by atoms with van der Waals surface area (Å²) in [7, 11) is 0. The molecule has 0 fully saturated rings. The maximum Gasteiger partial charge on any atom is 0.410 e. The molecule has 1 amide bonds. The summed E-state index contributed by atoms with van der Waals surface area (Å²) in [4.78, 5) is 13.2. The van der Waals surface area contributed by atoms with Crippen molar-refractivity contribution in [1.82, 2.24) is 15.1 Å². The van der Waals surface area contributed by atoms with E-state index in [4.69, 9.17) is 0 Å². The van der Waals surface area contributed by atoms with Gasteiger partial charge < -0.3 is 10.6 Å². The Hall–Kier alpha value is -2.81. The van der Waals surface area contributed by atoms with E-state index in [1.54, 1.807) is 6.07 Å². The number of nitrogens with zero attached hydrogens (tertiary/aromatic N) is 2. The van der Waals surface area contributed by atoms with Gasteiger partial charge in [0.25, 0.3) is 5.91 Å². The smallest absolute Gasteiger partial charge is 0.363 e. The zero-order chi connectivity index (χ0) is 20.4. The minimum atomic E-state index is -4.46. The number of aromatic nitrogens is 2. The van der Waals surface area contributed by atoms with Crippen LogP contribution in [-0.2, 0) is 6.42 Å². The van der Waals surface area contributed by atoms with Crippen molar-refractivity contribution in [2.75, 3.05) is 11.9 Å². The van der Waals surface area contributed by atoms with E-state index in [1.165, 1.54) is 17.4 Å². The predicted octanol–water partition coefficient (Wildman–Crippen LogP) is 4.58. The lowest BCUT2D eigenvalue weighted by atomic mass is 10.0. The van der Waals surface area contributed by atoms with Gasteiger partial charge >= 0.3 is 6.18 Å². The van der Waals surface area contributed by atoms with Crippen LogP contribution >= 0.6 is 11.3 Å². The summed E-state index contributed by atoms with van der Waals surface area (Å²) in [6, 6.07) is 12.4. The summed E-state index contributed by atoms with van der Waals surface area (Å²) in [6.07, 6.45) is -4.00. The minimum absolute atomic E-state index is 0.0263. The zero-order valence-electron chi connectivity index (χ0n) is 15.3. The van der Waals surface area contributed by atoms with E-state index in [-0.39, 0.29) is 17.9 Å². The second kappa shape index (κ2) is 7.90. The fraction of sp³-hybridized carbons (Fsp3) is 0.300. The molecule has 0 spiro atoms. The summed E-state index contributed by atoms with van der Waals surface area (Å²) < 4.78 is 41.8. The van der Waals surface area contributed by atoms with Crippen molar-refractivity contribution >= 4 is 23.1 Å². The molecule has 0 unspecified atom stereocenters. The number of hydrogen-bond donors (Lipinski definition) is 2. The minimum Gasteiger partial charge on any atom is -0.363 e. The molecule has 2 atom stereocenters. The Balaban J connectivity index is 1.50. The maximum atomic E-state index is 13.6. The molecule has 9 heteroatoms. The Labute approximate surface area is 169 Å². The number of hydrogen-bond acceptors (Lipinski definition) is 4. The molecule has 1 aliphatic heterocycles. The molecule has 0 saturated carbocycles. The number of amides is 1. The Morgan fingerprint density at radius 3 is 2.72 bits per heavy atom. The first-order chi connectivity index (χ1) is 13.9. The highest BCUT2D eigenvalue weighted by molar-refractivity contribution is 7.10. The van der Waals surface area contributed by atoms with Gasteiger partial charge in [-0.2, -0.15) is 18.3 Å². The van der Waals surface area contributed by atoms with E-state index in [0.29, 0.717) is 13.0 Å². The lowest BCUT2D eigenvalue weighted by molar-refractivity contribution is -0.173. The molecule has 0 radical (unpaired) electrons. The monoisotopic (exact) mass is 420 g/mol. The molecule has 0 aliphatic carbocycles. The van der Waals surface area contributed by atoms with Gasteiger partial charge in [0.2, 0.25) is 0 Å². The normalized spacial score (nSPS) is 18.7. The average molecular weight is 420 g/mol. The first-order valence-electron chi connectivity index (χ1n) is 9.20. The van der Waals surface area contributed by atoms with Crippen molar-refractivity contribution < 1.29 is 18.0 Å². The van der Waals surface area contributed by atoms with Crippen LogP contribution in [0.2, 0.25) is 0 Å². The van der Waals surface area contributed by atoms with Gasteiger partial charge in [0, 0.05) is 23.9 Å². The van der Waals surface area contributed by atoms with Gasteiger partial charge in [0.15, 0.2) is 11.7 Å². The Kier molecular flexibility index (Phi) is 5.31. The van der Waals surface area contributed by atoms with E-state index < -0.39 is 24.2 Å². The van der Waals surface area contributed by atoms with Crippen LogP contribution in [0.3, 0.4) is 0 Å². The highest BCUT2D eigenvalue weighted by Crippen LogP contribution is 2.44. The van der Waals surface area contributed by atoms with Crippen LogP contribution in [-0.4, -0.2) is 28.4 Å². The summed E-state index contributed by atoms with van der Waals surface area (Å²) >= 11 is 1.40. The standard InChI is InChI=1S/C20H19F3N4OS/c21-20(22,23)17-11-14(16-7-4-10-29-16)25-18-12-15(26-27(17)18)19(28)24-9-8-13-5-2-1-3-6-13/h1-7,10,12,14,17,25H,8-9,11H2,(H,24,28)/t14-,17-/m1/s1. The van der Waals surface area contributed by atoms with Crippen LogP contribution in [0.15, 0.2) is 53.9 Å². The van der Waals surface area contributed by atoms with Crippen molar-refractivity contribution in [1.29, 1.82) is 0 Å². The quantitative estimate of drug-likeness (QED) is 0.635. The van der Waals surface area contributed by atoms with Gasteiger partial charge in [-0.1, -0.05) is 36.4 Å². The van der Waals surface area contributed by atoms with Crippen LogP contribution in [0.5, 0.6) is 0 Å². The summed E-state index contributed by atoms with van der Waals surface area (Å²) in [5.74, 6) is -0.289. The van der Waals surface area contributed by atoms with Crippen LogP contribution in [0.25, 0.3) is 0 Å². The summed E-state index contributed by atoms with van der Waals surface area (Å²) in [6.45, 7) is 0.374.